The Labute approximate surface area is 144 Å². The molecule has 0 spiro atoms. The minimum atomic E-state index is -1.00. The molecule has 3 rings (SSSR count). The van der Waals surface area contributed by atoms with Crippen molar-refractivity contribution in [2.24, 2.45) is 0 Å². The van der Waals surface area contributed by atoms with E-state index in [2.05, 4.69) is 5.32 Å². The molecule has 126 valence electrons. The molecule has 0 aliphatic heterocycles. The summed E-state index contributed by atoms with van der Waals surface area (Å²) in [7, 11) is 0. The fraction of sp³-hybridized carbons (Fsp3) is 0.100. The highest BCUT2D eigenvalue weighted by molar-refractivity contribution is 5.84. The van der Waals surface area contributed by atoms with Crippen LogP contribution in [0.1, 0.15) is 18.0 Å². The fourth-order valence-electron chi connectivity index (χ4n) is 2.62. The summed E-state index contributed by atoms with van der Waals surface area (Å²) in [6.45, 7) is 0. The van der Waals surface area contributed by atoms with E-state index >= 15 is 0 Å². The Bertz CT molecular complexity index is 892. The van der Waals surface area contributed by atoms with Crippen molar-refractivity contribution in [3.05, 3.63) is 78.4 Å². The summed E-state index contributed by atoms with van der Waals surface area (Å²) in [5.41, 5.74) is 0.709. The first-order valence-electron chi connectivity index (χ1n) is 7.86. The van der Waals surface area contributed by atoms with Crippen molar-refractivity contribution >= 4 is 22.8 Å². The zero-order valence-corrected chi connectivity index (χ0v) is 13.4. The second-order valence-electron chi connectivity index (χ2n) is 5.60. The van der Waals surface area contributed by atoms with E-state index < -0.39 is 18.1 Å². The molecular formula is C20H17NO4. The summed E-state index contributed by atoms with van der Waals surface area (Å²) in [6.07, 6.45) is -0.915. The van der Waals surface area contributed by atoms with Crippen LogP contribution in [0, 0.1) is 0 Å². The molecule has 1 atom stereocenters. The first-order chi connectivity index (χ1) is 12.1. The maximum absolute atomic E-state index is 12.2. The van der Waals surface area contributed by atoms with Gasteiger partial charge in [-0.15, -0.1) is 0 Å². The second-order valence-corrected chi connectivity index (χ2v) is 5.60. The van der Waals surface area contributed by atoms with Crippen molar-refractivity contribution in [1.82, 2.24) is 5.32 Å². The monoisotopic (exact) mass is 335 g/mol. The van der Waals surface area contributed by atoms with Crippen LogP contribution in [0.2, 0.25) is 0 Å². The number of carboxylic acids is 1. The number of carboxylic acid groups (broad SMARTS) is 1. The highest BCUT2D eigenvalue weighted by Crippen LogP contribution is 2.21. The Kier molecular flexibility index (Phi) is 4.95. The van der Waals surface area contributed by atoms with Gasteiger partial charge in [0.2, 0.25) is 0 Å². The van der Waals surface area contributed by atoms with E-state index in [1.165, 1.54) is 0 Å². The maximum Gasteiger partial charge on any atom is 0.413 e. The van der Waals surface area contributed by atoms with Crippen LogP contribution in [-0.2, 0) is 4.79 Å². The standard InChI is InChI=1S/C20H17NO4/c22-19(23)13-18(15-7-2-1-3-8-15)21-20(24)25-17-11-10-14-6-4-5-9-16(14)12-17/h1-12,18H,13H2,(H,21,24)(H,22,23)/t18-/m0/s1. The molecule has 5 heteroatoms. The molecule has 0 aliphatic rings. The van der Waals surface area contributed by atoms with E-state index in [4.69, 9.17) is 9.84 Å². The van der Waals surface area contributed by atoms with Crippen LogP contribution in [0.4, 0.5) is 4.79 Å². The number of fused-ring (bicyclic) bond motifs is 1. The Morgan fingerprint density at radius 1 is 0.920 bits per heavy atom. The predicted octanol–water partition coefficient (Wildman–Crippen LogP) is 4.14. The molecule has 3 aromatic rings. The van der Waals surface area contributed by atoms with E-state index in [1.807, 2.05) is 36.4 Å². The Hall–Kier alpha value is -3.34. The van der Waals surface area contributed by atoms with E-state index in [1.54, 1.807) is 36.4 Å². The fourth-order valence-corrected chi connectivity index (χ4v) is 2.62. The number of ether oxygens (including phenoxy) is 1. The van der Waals surface area contributed by atoms with Crippen LogP contribution in [0.25, 0.3) is 10.8 Å². The molecule has 0 fully saturated rings. The van der Waals surface area contributed by atoms with E-state index in [9.17, 15) is 9.59 Å². The third-order valence-corrected chi connectivity index (χ3v) is 3.80. The molecule has 1 amide bonds. The molecule has 0 aromatic heterocycles. The van der Waals surface area contributed by atoms with Crippen molar-refractivity contribution in [3.63, 3.8) is 0 Å². The predicted molar refractivity (Wildman–Crippen MR) is 94.5 cm³/mol. The van der Waals surface area contributed by atoms with Crippen LogP contribution in [-0.4, -0.2) is 17.2 Å². The number of benzene rings is 3. The highest BCUT2D eigenvalue weighted by Gasteiger charge is 2.19. The topological polar surface area (TPSA) is 75.6 Å². The van der Waals surface area contributed by atoms with Gasteiger partial charge in [0.1, 0.15) is 5.75 Å². The number of hydrogen-bond donors (Lipinski definition) is 2. The smallest absolute Gasteiger partial charge is 0.413 e. The lowest BCUT2D eigenvalue weighted by molar-refractivity contribution is -0.137. The van der Waals surface area contributed by atoms with Gasteiger partial charge in [-0.05, 0) is 28.5 Å². The first-order valence-corrected chi connectivity index (χ1v) is 7.86. The number of amides is 1. The molecule has 0 unspecified atom stereocenters. The summed E-state index contributed by atoms with van der Waals surface area (Å²) in [5.74, 6) is -0.599. The Morgan fingerprint density at radius 2 is 1.60 bits per heavy atom. The minimum absolute atomic E-state index is 0.225. The number of hydrogen-bond acceptors (Lipinski definition) is 3. The molecule has 0 bridgehead atoms. The summed E-state index contributed by atoms with van der Waals surface area (Å²) in [4.78, 5) is 23.3. The van der Waals surface area contributed by atoms with Gasteiger partial charge in [-0.2, -0.15) is 0 Å². The van der Waals surface area contributed by atoms with E-state index in [0.29, 0.717) is 11.3 Å². The lowest BCUT2D eigenvalue weighted by atomic mass is 10.0. The van der Waals surface area contributed by atoms with Crippen LogP contribution < -0.4 is 10.1 Å². The average Bonchev–Trinajstić information content (AvgIpc) is 2.61. The molecule has 3 aromatic carbocycles. The number of rotatable bonds is 5. The van der Waals surface area contributed by atoms with Crippen molar-refractivity contribution in [2.75, 3.05) is 0 Å². The van der Waals surface area contributed by atoms with Crippen molar-refractivity contribution < 1.29 is 19.4 Å². The molecule has 0 heterocycles. The minimum Gasteiger partial charge on any atom is -0.481 e. The highest BCUT2D eigenvalue weighted by atomic mass is 16.6. The van der Waals surface area contributed by atoms with Gasteiger partial charge in [0, 0.05) is 0 Å². The van der Waals surface area contributed by atoms with E-state index in [-0.39, 0.29) is 6.42 Å². The molecule has 0 saturated carbocycles. The van der Waals surface area contributed by atoms with Gasteiger partial charge in [0.25, 0.3) is 0 Å². The van der Waals surface area contributed by atoms with Gasteiger partial charge in [0.05, 0.1) is 12.5 Å². The SMILES string of the molecule is O=C(O)C[C@H](NC(=O)Oc1ccc2ccccc2c1)c1ccccc1. The zero-order valence-electron chi connectivity index (χ0n) is 13.4. The molecule has 0 aliphatic carbocycles. The zero-order chi connectivity index (χ0) is 17.6. The Morgan fingerprint density at radius 3 is 2.32 bits per heavy atom. The quantitative estimate of drug-likeness (QED) is 0.734. The lowest BCUT2D eigenvalue weighted by Crippen LogP contribution is -2.32. The molecule has 2 N–H and O–H groups in total. The third kappa shape index (κ3) is 4.35. The van der Waals surface area contributed by atoms with Crippen molar-refractivity contribution in [1.29, 1.82) is 0 Å². The van der Waals surface area contributed by atoms with Crippen LogP contribution >= 0.6 is 0 Å². The molecule has 25 heavy (non-hydrogen) atoms. The summed E-state index contributed by atoms with van der Waals surface area (Å²) in [6, 6.07) is 21.4. The van der Waals surface area contributed by atoms with Gasteiger partial charge in [-0.1, -0.05) is 60.7 Å². The largest absolute Gasteiger partial charge is 0.481 e. The van der Waals surface area contributed by atoms with Crippen molar-refractivity contribution in [2.45, 2.75) is 12.5 Å². The van der Waals surface area contributed by atoms with Crippen LogP contribution in [0.3, 0.4) is 0 Å². The van der Waals surface area contributed by atoms with E-state index in [0.717, 1.165) is 10.8 Å². The summed E-state index contributed by atoms with van der Waals surface area (Å²) < 4.78 is 5.31. The van der Waals surface area contributed by atoms with Crippen LogP contribution in [0.5, 0.6) is 5.75 Å². The molecular weight excluding hydrogens is 318 g/mol. The third-order valence-electron chi connectivity index (χ3n) is 3.80. The maximum atomic E-state index is 12.2. The lowest BCUT2D eigenvalue weighted by Gasteiger charge is -2.17. The van der Waals surface area contributed by atoms with Gasteiger partial charge in [0.15, 0.2) is 0 Å². The average molecular weight is 335 g/mol. The Balaban J connectivity index is 1.73. The summed E-state index contributed by atoms with van der Waals surface area (Å²) >= 11 is 0. The van der Waals surface area contributed by atoms with Gasteiger partial charge in [-0.3, -0.25) is 4.79 Å². The van der Waals surface area contributed by atoms with Gasteiger partial charge in [-0.25, -0.2) is 4.79 Å². The number of carbonyl (C=O) groups excluding carboxylic acids is 1. The van der Waals surface area contributed by atoms with Gasteiger partial charge < -0.3 is 15.2 Å². The van der Waals surface area contributed by atoms with Crippen LogP contribution in [0.15, 0.2) is 72.8 Å². The molecule has 5 nitrogen and oxygen atoms in total. The van der Waals surface area contributed by atoms with Gasteiger partial charge >= 0.3 is 12.1 Å². The normalized spacial score (nSPS) is 11.7. The number of aliphatic carboxylic acids is 1. The number of carbonyl (C=O) groups is 2. The second kappa shape index (κ2) is 7.49. The van der Waals surface area contributed by atoms with Crippen molar-refractivity contribution in [3.8, 4) is 5.75 Å². The first kappa shape index (κ1) is 16.5. The summed E-state index contributed by atoms with van der Waals surface area (Å²) in [5, 5.41) is 13.7. The molecule has 0 saturated heterocycles. The number of nitrogens with one attached hydrogen (secondary N) is 1. The molecule has 0 radical (unpaired) electrons.